The average molecular weight is 327 g/mol. The minimum Gasteiger partial charge on any atom is -0.454 e. The van der Waals surface area contributed by atoms with Gasteiger partial charge in [0.25, 0.3) is 0 Å². The summed E-state index contributed by atoms with van der Waals surface area (Å²) in [7, 11) is 0. The molecule has 0 saturated heterocycles. The van der Waals surface area contributed by atoms with Crippen LogP contribution in [-0.4, -0.2) is 12.1 Å². The number of carbonyl (C=O) groups excluding carboxylic acids is 1. The van der Waals surface area contributed by atoms with Crippen molar-refractivity contribution < 1.29 is 27.1 Å². The number of hydrogen-bond acceptors (Lipinski definition) is 2. The van der Waals surface area contributed by atoms with Crippen LogP contribution in [0.1, 0.15) is 28.8 Å². The molecular formula is C16H13F4NO2. The van der Waals surface area contributed by atoms with Crippen molar-refractivity contribution in [2.45, 2.75) is 19.0 Å². The lowest BCUT2D eigenvalue weighted by Crippen LogP contribution is -2.17. The lowest BCUT2D eigenvalue weighted by Gasteiger charge is -2.16. The van der Waals surface area contributed by atoms with Gasteiger partial charge in [0.15, 0.2) is 11.6 Å². The minimum atomic E-state index is -4.33. The van der Waals surface area contributed by atoms with Gasteiger partial charge in [0.2, 0.25) is 5.91 Å². The van der Waals surface area contributed by atoms with Crippen LogP contribution in [-0.2, 0) is 0 Å². The third-order valence-electron chi connectivity index (χ3n) is 3.32. The van der Waals surface area contributed by atoms with Crippen LogP contribution >= 0.6 is 0 Å². The number of rotatable bonds is 4. The summed E-state index contributed by atoms with van der Waals surface area (Å²) in [6.45, 7) is 1.05. The maximum atomic E-state index is 13.8. The van der Waals surface area contributed by atoms with Gasteiger partial charge in [-0.25, -0.2) is 4.39 Å². The van der Waals surface area contributed by atoms with Crippen LogP contribution < -0.4 is 10.5 Å². The summed E-state index contributed by atoms with van der Waals surface area (Å²) in [5.41, 5.74) is 5.10. The molecule has 0 spiro atoms. The molecule has 0 saturated carbocycles. The van der Waals surface area contributed by atoms with E-state index < -0.39 is 23.8 Å². The number of alkyl halides is 3. The molecule has 2 aromatic rings. The molecule has 0 fully saturated rings. The Kier molecular flexibility index (Phi) is 4.58. The van der Waals surface area contributed by atoms with E-state index in [1.54, 1.807) is 0 Å². The van der Waals surface area contributed by atoms with Crippen LogP contribution in [0.3, 0.4) is 0 Å². The summed E-state index contributed by atoms with van der Waals surface area (Å²) in [5, 5.41) is 0. The van der Waals surface area contributed by atoms with Gasteiger partial charge < -0.3 is 10.5 Å². The predicted octanol–water partition coefficient (Wildman–Crippen LogP) is 4.38. The van der Waals surface area contributed by atoms with Crippen molar-refractivity contribution >= 4 is 5.91 Å². The van der Waals surface area contributed by atoms with Crippen molar-refractivity contribution in [1.82, 2.24) is 0 Å². The number of ether oxygens (including phenoxy) is 1. The largest absolute Gasteiger partial charge is 0.454 e. The number of hydrogen-bond donors (Lipinski definition) is 1. The molecule has 3 nitrogen and oxygen atoms in total. The van der Waals surface area contributed by atoms with E-state index in [2.05, 4.69) is 0 Å². The first kappa shape index (κ1) is 16.8. The molecule has 0 aliphatic carbocycles. The number of primary amides is 1. The molecule has 2 rings (SSSR count). The molecule has 1 amide bonds. The smallest absolute Gasteiger partial charge is 0.395 e. The Bertz CT molecular complexity index is 711. The quantitative estimate of drug-likeness (QED) is 0.847. The normalized spacial score (nSPS) is 12.7. The third kappa shape index (κ3) is 4.00. The second-order valence-corrected chi connectivity index (χ2v) is 4.94. The van der Waals surface area contributed by atoms with Gasteiger partial charge in [-0.15, -0.1) is 0 Å². The molecule has 0 bridgehead atoms. The summed E-state index contributed by atoms with van der Waals surface area (Å²) in [4.78, 5) is 10.9. The molecule has 1 atom stereocenters. The zero-order chi connectivity index (χ0) is 17.2. The van der Waals surface area contributed by atoms with Gasteiger partial charge in [0.05, 0.1) is 5.92 Å². The van der Waals surface area contributed by atoms with E-state index in [1.165, 1.54) is 36.4 Å². The van der Waals surface area contributed by atoms with Gasteiger partial charge in [0.1, 0.15) is 5.75 Å². The van der Waals surface area contributed by atoms with Crippen LogP contribution in [0.15, 0.2) is 42.5 Å². The topological polar surface area (TPSA) is 52.3 Å². The van der Waals surface area contributed by atoms with Gasteiger partial charge in [-0.3, -0.25) is 4.79 Å². The molecule has 0 heterocycles. The molecule has 2 aromatic carbocycles. The van der Waals surface area contributed by atoms with Crippen molar-refractivity contribution in [3.8, 4) is 11.5 Å². The predicted molar refractivity (Wildman–Crippen MR) is 75.9 cm³/mol. The van der Waals surface area contributed by atoms with Crippen LogP contribution in [0.5, 0.6) is 11.5 Å². The first-order valence-corrected chi connectivity index (χ1v) is 6.62. The molecular weight excluding hydrogens is 314 g/mol. The van der Waals surface area contributed by atoms with Crippen molar-refractivity contribution in [3.05, 3.63) is 59.4 Å². The summed E-state index contributed by atoms with van der Waals surface area (Å²) in [6.07, 6.45) is -4.33. The lowest BCUT2D eigenvalue weighted by molar-refractivity contribution is -0.146. The van der Waals surface area contributed by atoms with E-state index in [1.807, 2.05) is 0 Å². The first-order chi connectivity index (χ1) is 10.7. The highest BCUT2D eigenvalue weighted by molar-refractivity contribution is 5.92. The molecule has 122 valence electrons. The maximum Gasteiger partial charge on any atom is 0.395 e. The molecule has 0 aliphatic heterocycles. The van der Waals surface area contributed by atoms with Gasteiger partial charge in [0, 0.05) is 5.56 Å². The Morgan fingerprint density at radius 2 is 1.74 bits per heavy atom. The summed E-state index contributed by atoms with van der Waals surface area (Å²) in [5.74, 6) is -3.17. The average Bonchev–Trinajstić information content (AvgIpc) is 2.48. The van der Waals surface area contributed by atoms with E-state index in [0.717, 1.165) is 13.0 Å². The van der Waals surface area contributed by atoms with Gasteiger partial charge in [-0.2, -0.15) is 13.2 Å². The highest BCUT2D eigenvalue weighted by Crippen LogP contribution is 2.35. The zero-order valence-electron chi connectivity index (χ0n) is 12.0. The van der Waals surface area contributed by atoms with E-state index in [0.29, 0.717) is 0 Å². The molecule has 0 radical (unpaired) electrons. The lowest BCUT2D eigenvalue weighted by atomic mass is 10.0. The van der Waals surface area contributed by atoms with E-state index in [9.17, 15) is 22.4 Å². The number of benzene rings is 2. The van der Waals surface area contributed by atoms with Crippen LogP contribution in [0.25, 0.3) is 0 Å². The Morgan fingerprint density at radius 1 is 1.13 bits per heavy atom. The number of halogens is 4. The summed E-state index contributed by atoms with van der Waals surface area (Å²) in [6, 6.07) is 8.62. The SMILES string of the molecule is CC(c1ccc(Oc2ccc(C(N)=O)cc2F)cc1)C(F)(F)F. The molecule has 7 heteroatoms. The van der Waals surface area contributed by atoms with Gasteiger partial charge in [-0.05, 0) is 42.8 Å². The van der Waals surface area contributed by atoms with Crippen molar-refractivity contribution in [3.63, 3.8) is 0 Å². The fourth-order valence-corrected chi connectivity index (χ4v) is 1.88. The summed E-state index contributed by atoms with van der Waals surface area (Å²) >= 11 is 0. The first-order valence-electron chi connectivity index (χ1n) is 6.62. The maximum absolute atomic E-state index is 13.8. The highest BCUT2D eigenvalue weighted by Gasteiger charge is 2.36. The van der Waals surface area contributed by atoms with Gasteiger partial charge >= 0.3 is 6.18 Å². The van der Waals surface area contributed by atoms with Crippen LogP contribution in [0, 0.1) is 5.82 Å². The third-order valence-corrected chi connectivity index (χ3v) is 3.32. The van der Waals surface area contributed by atoms with E-state index in [4.69, 9.17) is 10.5 Å². The zero-order valence-corrected chi connectivity index (χ0v) is 12.0. The molecule has 0 aromatic heterocycles. The molecule has 23 heavy (non-hydrogen) atoms. The molecule has 0 aliphatic rings. The van der Waals surface area contributed by atoms with Crippen molar-refractivity contribution in [1.29, 1.82) is 0 Å². The highest BCUT2D eigenvalue weighted by atomic mass is 19.4. The van der Waals surface area contributed by atoms with E-state index in [-0.39, 0.29) is 22.6 Å². The Labute approximate surface area is 129 Å². The minimum absolute atomic E-state index is 0.0100. The number of carbonyl (C=O) groups is 1. The fraction of sp³-hybridized carbons (Fsp3) is 0.188. The Hall–Kier alpha value is -2.57. The second kappa shape index (κ2) is 6.28. The molecule has 1 unspecified atom stereocenters. The number of nitrogens with two attached hydrogens (primary N) is 1. The standard InChI is InChI=1S/C16H13F4NO2/c1-9(16(18,19)20)10-2-5-12(6-3-10)23-14-7-4-11(15(21)22)8-13(14)17/h2-9H,1H3,(H2,21,22). The second-order valence-electron chi connectivity index (χ2n) is 4.94. The van der Waals surface area contributed by atoms with Crippen LogP contribution in [0.2, 0.25) is 0 Å². The van der Waals surface area contributed by atoms with Gasteiger partial charge in [-0.1, -0.05) is 12.1 Å². The Balaban J connectivity index is 2.17. The Morgan fingerprint density at radius 3 is 2.22 bits per heavy atom. The van der Waals surface area contributed by atoms with Crippen LogP contribution in [0.4, 0.5) is 17.6 Å². The monoisotopic (exact) mass is 327 g/mol. The van der Waals surface area contributed by atoms with Crippen molar-refractivity contribution in [2.75, 3.05) is 0 Å². The van der Waals surface area contributed by atoms with Crippen molar-refractivity contribution in [2.24, 2.45) is 5.73 Å². The fourth-order valence-electron chi connectivity index (χ4n) is 1.88. The van der Waals surface area contributed by atoms with E-state index >= 15 is 0 Å². The summed E-state index contributed by atoms with van der Waals surface area (Å²) < 4.78 is 56.9. The molecule has 2 N–H and O–H groups in total. The number of amides is 1.